The standard InChI is InChI=1S/C16H19N7O/c1-12(2)10-22-11-14(9-18-22)20-16(24)19-13-3-5-15(6-4-13)23-8-7-17-21-23/h3-9,11-12H,10H2,1-2H3,(H2,19,20,24). The van der Waals surface area contributed by atoms with Crippen LogP contribution in [0.25, 0.3) is 5.69 Å². The predicted octanol–water partition coefficient (Wildman–Crippen LogP) is 2.76. The summed E-state index contributed by atoms with van der Waals surface area (Å²) in [5, 5.41) is 17.4. The third-order valence-electron chi connectivity index (χ3n) is 3.26. The molecule has 0 aliphatic rings. The van der Waals surface area contributed by atoms with Gasteiger partial charge in [-0.25, -0.2) is 9.48 Å². The van der Waals surface area contributed by atoms with E-state index >= 15 is 0 Å². The first-order valence-electron chi connectivity index (χ1n) is 7.67. The highest BCUT2D eigenvalue weighted by Gasteiger charge is 2.06. The van der Waals surface area contributed by atoms with Gasteiger partial charge in [-0.15, -0.1) is 5.10 Å². The molecule has 0 saturated heterocycles. The molecule has 2 N–H and O–H groups in total. The second kappa shape index (κ2) is 6.95. The molecule has 0 saturated carbocycles. The lowest BCUT2D eigenvalue weighted by Gasteiger charge is -2.07. The van der Waals surface area contributed by atoms with Gasteiger partial charge in [0.1, 0.15) is 0 Å². The SMILES string of the molecule is CC(C)Cn1cc(NC(=O)Nc2ccc(-n3ccnn3)cc2)cn1. The number of hydrogen-bond donors (Lipinski definition) is 2. The Bertz CT molecular complexity index is 790. The van der Waals surface area contributed by atoms with E-state index in [0.29, 0.717) is 17.3 Å². The lowest BCUT2D eigenvalue weighted by molar-refractivity contribution is 0.262. The van der Waals surface area contributed by atoms with Crippen molar-refractivity contribution in [3.63, 3.8) is 0 Å². The molecular formula is C16H19N7O. The van der Waals surface area contributed by atoms with Gasteiger partial charge < -0.3 is 10.6 Å². The van der Waals surface area contributed by atoms with Crippen molar-refractivity contribution in [3.8, 4) is 5.69 Å². The first-order chi connectivity index (χ1) is 11.6. The van der Waals surface area contributed by atoms with Crippen LogP contribution in [0.3, 0.4) is 0 Å². The normalized spacial score (nSPS) is 10.8. The molecule has 0 radical (unpaired) electrons. The number of carbonyl (C=O) groups is 1. The Morgan fingerprint density at radius 2 is 1.92 bits per heavy atom. The van der Waals surface area contributed by atoms with Crippen LogP contribution in [0.4, 0.5) is 16.2 Å². The van der Waals surface area contributed by atoms with Gasteiger partial charge in [-0.1, -0.05) is 19.1 Å². The molecule has 2 amide bonds. The number of benzene rings is 1. The molecule has 0 aliphatic heterocycles. The second-order valence-corrected chi connectivity index (χ2v) is 5.82. The number of amides is 2. The lowest BCUT2D eigenvalue weighted by atomic mass is 10.2. The fourth-order valence-corrected chi connectivity index (χ4v) is 2.24. The molecule has 0 aliphatic carbocycles. The topological polar surface area (TPSA) is 89.7 Å². The van der Waals surface area contributed by atoms with Crippen LogP contribution in [-0.4, -0.2) is 30.8 Å². The Kier molecular flexibility index (Phi) is 4.55. The molecule has 3 rings (SSSR count). The number of nitrogens with zero attached hydrogens (tertiary/aromatic N) is 5. The second-order valence-electron chi connectivity index (χ2n) is 5.82. The number of nitrogens with one attached hydrogen (secondary N) is 2. The Morgan fingerprint density at radius 1 is 1.17 bits per heavy atom. The van der Waals surface area contributed by atoms with E-state index in [1.54, 1.807) is 35.4 Å². The molecule has 0 unspecified atom stereocenters. The maximum Gasteiger partial charge on any atom is 0.323 e. The summed E-state index contributed by atoms with van der Waals surface area (Å²) in [4.78, 5) is 12.0. The maximum atomic E-state index is 12.0. The van der Waals surface area contributed by atoms with Crippen molar-refractivity contribution in [2.45, 2.75) is 20.4 Å². The molecular weight excluding hydrogens is 306 g/mol. The Labute approximate surface area is 139 Å². The van der Waals surface area contributed by atoms with Crippen molar-refractivity contribution in [1.29, 1.82) is 0 Å². The highest BCUT2D eigenvalue weighted by Crippen LogP contribution is 2.13. The Hall–Kier alpha value is -3.16. The van der Waals surface area contributed by atoms with E-state index in [-0.39, 0.29) is 6.03 Å². The molecule has 3 aromatic rings. The van der Waals surface area contributed by atoms with Crippen LogP contribution in [-0.2, 0) is 6.54 Å². The molecule has 2 heterocycles. The largest absolute Gasteiger partial charge is 0.323 e. The van der Waals surface area contributed by atoms with Crippen molar-refractivity contribution < 1.29 is 4.79 Å². The van der Waals surface area contributed by atoms with Crippen molar-refractivity contribution in [1.82, 2.24) is 24.8 Å². The Morgan fingerprint density at radius 3 is 2.58 bits per heavy atom. The van der Waals surface area contributed by atoms with Gasteiger partial charge in [-0.05, 0) is 30.2 Å². The van der Waals surface area contributed by atoms with Crippen molar-refractivity contribution in [2.75, 3.05) is 10.6 Å². The summed E-state index contributed by atoms with van der Waals surface area (Å²) in [6.45, 7) is 5.04. The molecule has 1 aromatic carbocycles. The van der Waals surface area contributed by atoms with Crippen LogP contribution in [0.1, 0.15) is 13.8 Å². The van der Waals surface area contributed by atoms with Crippen LogP contribution >= 0.6 is 0 Å². The molecule has 0 atom stereocenters. The highest BCUT2D eigenvalue weighted by molar-refractivity contribution is 5.99. The summed E-state index contributed by atoms with van der Waals surface area (Å²) in [5.41, 5.74) is 2.21. The number of rotatable bonds is 5. The van der Waals surface area contributed by atoms with Gasteiger partial charge in [0, 0.05) is 18.4 Å². The Balaban J connectivity index is 1.57. The fourth-order valence-electron chi connectivity index (χ4n) is 2.24. The van der Waals surface area contributed by atoms with Gasteiger partial charge in [0.25, 0.3) is 0 Å². The number of aromatic nitrogens is 5. The van der Waals surface area contributed by atoms with E-state index in [0.717, 1.165) is 12.2 Å². The highest BCUT2D eigenvalue weighted by atomic mass is 16.2. The minimum Gasteiger partial charge on any atom is -0.308 e. The predicted molar refractivity (Wildman–Crippen MR) is 91.1 cm³/mol. The summed E-state index contributed by atoms with van der Waals surface area (Å²) in [6, 6.07) is 7.00. The van der Waals surface area contributed by atoms with Gasteiger partial charge in [-0.3, -0.25) is 4.68 Å². The van der Waals surface area contributed by atoms with Crippen molar-refractivity contribution in [3.05, 3.63) is 49.1 Å². The summed E-state index contributed by atoms with van der Waals surface area (Å²) in [7, 11) is 0. The van der Waals surface area contributed by atoms with Crippen LogP contribution in [0.15, 0.2) is 49.1 Å². The van der Waals surface area contributed by atoms with E-state index < -0.39 is 0 Å². The molecule has 0 bridgehead atoms. The van der Waals surface area contributed by atoms with E-state index in [4.69, 9.17) is 0 Å². The van der Waals surface area contributed by atoms with Crippen molar-refractivity contribution in [2.24, 2.45) is 5.92 Å². The van der Waals surface area contributed by atoms with Crippen LogP contribution in [0, 0.1) is 5.92 Å². The molecule has 8 heteroatoms. The first-order valence-corrected chi connectivity index (χ1v) is 7.67. The van der Waals surface area contributed by atoms with Gasteiger partial charge >= 0.3 is 6.03 Å². The van der Waals surface area contributed by atoms with Crippen LogP contribution in [0.5, 0.6) is 0 Å². The quantitative estimate of drug-likeness (QED) is 0.755. The average molecular weight is 325 g/mol. The van der Waals surface area contributed by atoms with Crippen LogP contribution < -0.4 is 10.6 Å². The summed E-state index contributed by atoms with van der Waals surface area (Å²) in [5.74, 6) is 0.495. The van der Waals surface area contributed by atoms with E-state index in [9.17, 15) is 4.79 Å². The minimum absolute atomic E-state index is 0.312. The molecule has 24 heavy (non-hydrogen) atoms. The summed E-state index contributed by atoms with van der Waals surface area (Å²) < 4.78 is 3.46. The smallest absolute Gasteiger partial charge is 0.308 e. The van der Waals surface area contributed by atoms with E-state index in [1.807, 2.05) is 23.0 Å². The van der Waals surface area contributed by atoms with Gasteiger partial charge in [-0.2, -0.15) is 5.10 Å². The maximum absolute atomic E-state index is 12.0. The number of urea groups is 1. The summed E-state index contributed by atoms with van der Waals surface area (Å²) in [6.07, 6.45) is 6.81. The van der Waals surface area contributed by atoms with E-state index in [1.165, 1.54) is 0 Å². The molecule has 124 valence electrons. The fraction of sp³-hybridized carbons (Fsp3) is 0.250. The average Bonchev–Trinajstić information content (AvgIpc) is 3.19. The molecule has 8 nitrogen and oxygen atoms in total. The zero-order chi connectivity index (χ0) is 16.9. The van der Waals surface area contributed by atoms with Gasteiger partial charge in [0.05, 0.1) is 30.0 Å². The third-order valence-corrected chi connectivity index (χ3v) is 3.26. The van der Waals surface area contributed by atoms with Gasteiger partial charge in [0.15, 0.2) is 0 Å². The third kappa shape index (κ3) is 3.97. The zero-order valence-electron chi connectivity index (χ0n) is 13.5. The first kappa shape index (κ1) is 15.7. The molecule has 0 fully saturated rings. The zero-order valence-corrected chi connectivity index (χ0v) is 13.5. The lowest BCUT2D eigenvalue weighted by Crippen LogP contribution is -2.19. The number of carbonyl (C=O) groups excluding carboxylic acids is 1. The minimum atomic E-state index is -0.312. The monoisotopic (exact) mass is 325 g/mol. The molecule has 2 aromatic heterocycles. The van der Waals surface area contributed by atoms with Crippen LogP contribution in [0.2, 0.25) is 0 Å². The van der Waals surface area contributed by atoms with E-state index in [2.05, 4.69) is 39.9 Å². The summed E-state index contributed by atoms with van der Waals surface area (Å²) >= 11 is 0. The van der Waals surface area contributed by atoms with Gasteiger partial charge in [0.2, 0.25) is 0 Å². The number of anilines is 2. The number of hydrogen-bond acceptors (Lipinski definition) is 4. The molecule has 0 spiro atoms. The van der Waals surface area contributed by atoms with Crippen molar-refractivity contribution >= 4 is 17.4 Å².